The minimum atomic E-state index is 0. The Morgan fingerprint density at radius 3 is 2.60 bits per heavy atom. The molecule has 1 aromatic carbocycles. The zero-order chi connectivity index (χ0) is 17.4. The summed E-state index contributed by atoms with van der Waals surface area (Å²) in [5.74, 6) is 0.905. The fourth-order valence-electron chi connectivity index (χ4n) is 2.32. The average Bonchev–Trinajstić information content (AvgIpc) is 3.36. The molecule has 1 aliphatic carbocycles. The van der Waals surface area contributed by atoms with Gasteiger partial charge in [-0.05, 0) is 50.8 Å². The number of hydrogen-bond acceptors (Lipinski definition) is 2. The van der Waals surface area contributed by atoms with Gasteiger partial charge in [-0.15, -0.1) is 24.0 Å². The Morgan fingerprint density at radius 2 is 2.00 bits per heavy atom. The van der Waals surface area contributed by atoms with E-state index < -0.39 is 0 Å². The van der Waals surface area contributed by atoms with Crippen LogP contribution in [0, 0.1) is 0 Å². The molecule has 3 N–H and O–H groups in total. The molecule has 140 valence electrons. The second kappa shape index (κ2) is 11.6. The molecule has 2 rings (SSSR count). The first kappa shape index (κ1) is 22.0. The molecule has 7 heteroatoms. The zero-order valence-corrected chi connectivity index (χ0v) is 17.9. The van der Waals surface area contributed by atoms with Gasteiger partial charge in [-0.3, -0.25) is 9.79 Å². The van der Waals surface area contributed by atoms with Crippen molar-refractivity contribution >= 4 is 47.4 Å². The number of hydrogen-bond donors (Lipinski definition) is 3. The summed E-state index contributed by atoms with van der Waals surface area (Å²) in [5, 5.41) is 10.3. The van der Waals surface area contributed by atoms with Crippen LogP contribution in [0.1, 0.15) is 51.1 Å². The molecule has 0 aromatic heterocycles. The van der Waals surface area contributed by atoms with Crippen LogP contribution in [-0.2, 0) is 4.79 Å². The van der Waals surface area contributed by atoms with Crippen LogP contribution < -0.4 is 16.0 Å². The van der Waals surface area contributed by atoms with Crippen LogP contribution in [0.15, 0.2) is 29.3 Å². The number of guanidine groups is 1. The van der Waals surface area contributed by atoms with Gasteiger partial charge in [0.1, 0.15) is 0 Å². The van der Waals surface area contributed by atoms with Crippen molar-refractivity contribution in [1.82, 2.24) is 16.0 Å². The predicted molar refractivity (Wildman–Crippen MR) is 115 cm³/mol. The van der Waals surface area contributed by atoms with E-state index in [9.17, 15) is 4.79 Å². The highest BCUT2D eigenvalue weighted by atomic mass is 127. The maximum atomic E-state index is 11.7. The third-order valence-corrected chi connectivity index (χ3v) is 4.09. The second-order valence-electron chi connectivity index (χ2n) is 6.12. The van der Waals surface area contributed by atoms with Crippen LogP contribution in [-0.4, -0.2) is 31.0 Å². The number of carbonyl (C=O) groups is 1. The molecule has 1 amide bonds. The topological polar surface area (TPSA) is 65.5 Å². The minimum Gasteiger partial charge on any atom is -0.357 e. The van der Waals surface area contributed by atoms with Crippen molar-refractivity contribution in [2.45, 2.75) is 51.6 Å². The summed E-state index contributed by atoms with van der Waals surface area (Å²) in [4.78, 5) is 16.2. The van der Waals surface area contributed by atoms with E-state index in [4.69, 9.17) is 11.6 Å². The fourth-order valence-corrected chi connectivity index (χ4v) is 2.44. The lowest BCUT2D eigenvalue weighted by Crippen LogP contribution is -2.38. The highest BCUT2D eigenvalue weighted by Crippen LogP contribution is 2.18. The van der Waals surface area contributed by atoms with Crippen molar-refractivity contribution in [2.75, 3.05) is 13.1 Å². The summed E-state index contributed by atoms with van der Waals surface area (Å²) in [5.41, 5.74) is 1.15. The lowest BCUT2D eigenvalue weighted by atomic mass is 10.1. The molecule has 0 heterocycles. The smallest absolute Gasteiger partial charge is 0.220 e. The largest absolute Gasteiger partial charge is 0.357 e. The Morgan fingerprint density at radius 1 is 1.32 bits per heavy atom. The summed E-state index contributed by atoms with van der Waals surface area (Å²) >= 11 is 5.93. The first-order valence-electron chi connectivity index (χ1n) is 8.68. The van der Waals surface area contributed by atoms with Crippen LogP contribution in [0.25, 0.3) is 0 Å². The summed E-state index contributed by atoms with van der Waals surface area (Å²) in [7, 11) is 0. The standard InChI is InChI=1S/C18H27ClN4O.HI/c1-3-20-18(21-12-4-5-17(24)23-16-10-11-16)22-13(2)14-6-8-15(19)9-7-14;/h6-9,13,16H,3-5,10-12H2,1-2H3,(H,23,24)(H2,20,21,22);1H. The Labute approximate surface area is 172 Å². The van der Waals surface area contributed by atoms with E-state index in [-0.39, 0.29) is 35.9 Å². The first-order chi connectivity index (χ1) is 11.6. The number of rotatable bonds is 8. The highest BCUT2D eigenvalue weighted by Gasteiger charge is 2.22. The molecule has 25 heavy (non-hydrogen) atoms. The molecule has 0 spiro atoms. The zero-order valence-electron chi connectivity index (χ0n) is 14.8. The Kier molecular flexibility index (Phi) is 10.2. The number of carbonyl (C=O) groups excluding carboxylic acids is 1. The molecule has 1 aromatic rings. The maximum Gasteiger partial charge on any atom is 0.220 e. The molecular formula is C18H28ClIN4O. The second-order valence-corrected chi connectivity index (χ2v) is 6.56. The molecule has 1 fully saturated rings. The molecule has 1 unspecified atom stereocenters. The van der Waals surface area contributed by atoms with Gasteiger partial charge in [-0.2, -0.15) is 0 Å². The average molecular weight is 479 g/mol. The third-order valence-electron chi connectivity index (χ3n) is 3.84. The van der Waals surface area contributed by atoms with Gasteiger partial charge in [-0.1, -0.05) is 23.7 Å². The Balaban J connectivity index is 0.00000312. The number of aliphatic imine (C=N–C) groups is 1. The summed E-state index contributed by atoms with van der Waals surface area (Å²) < 4.78 is 0. The van der Waals surface area contributed by atoms with E-state index in [2.05, 4.69) is 27.9 Å². The molecule has 0 bridgehead atoms. The normalized spacial score (nSPS) is 15.1. The van der Waals surface area contributed by atoms with E-state index in [0.717, 1.165) is 42.4 Å². The molecule has 0 radical (unpaired) electrons. The lowest BCUT2D eigenvalue weighted by Gasteiger charge is -2.18. The van der Waals surface area contributed by atoms with Gasteiger partial charge in [-0.25, -0.2) is 0 Å². The summed E-state index contributed by atoms with van der Waals surface area (Å²) in [6.07, 6.45) is 3.54. The quantitative estimate of drug-likeness (QED) is 0.231. The number of benzene rings is 1. The Hall–Kier alpha value is -1.02. The highest BCUT2D eigenvalue weighted by molar-refractivity contribution is 14.0. The molecule has 1 aliphatic rings. The van der Waals surface area contributed by atoms with Gasteiger partial charge < -0.3 is 16.0 Å². The van der Waals surface area contributed by atoms with Crippen LogP contribution in [0.3, 0.4) is 0 Å². The monoisotopic (exact) mass is 478 g/mol. The van der Waals surface area contributed by atoms with Crippen molar-refractivity contribution in [2.24, 2.45) is 4.99 Å². The first-order valence-corrected chi connectivity index (χ1v) is 9.06. The SMILES string of the molecule is CCNC(=NCCCC(=O)NC1CC1)NC(C)c1ccc(Cl)cc1.I. The third kappa shape index (κ3) is 8.76. The number of halogens is 2. The van der Waals surface area contributed by atoms with Crippen molar-refractivity contribution in [3.05, 3.63) is 34.9 Å². The minimum absolute atomic E-state index is 0. The molecule has 5 nitrogen and oxygen atoms in total. The Bertz CT molecular complexity index is 561. The molecule has 0 saturated heterocycles. The number of amides is 1. The van der Waals surface area contributed by atoms with Crippen molar-refractivity contribution in [1.29, 1.82) is 0 Å². The van der Waals surface area contributed by atoms with Crippen molar-refractivity contribution in [3.8, 4) is 0 Å². The van der Waals surface area contributed by atoms with Crippen LogP contribution in [0.2, 0.25) is 5.02 Å². The van der Waals surface area contributed by atoms with Gasteiger partial charge >= 0.3 is 0 Å². The van der Waals surface area contributed by atoms with Crippen LogP contribution in [0.5, 0.6) is 0 Å². The van der Waals surface area contributed by atoms with Crippen LogP contribution >= 0.6 is 35.6 Å². The number of nitrogens with zero attached hydrogens (tertiary/aromatic N) is 1. The van der Waals surface area contributed by atoms with Crippen molar-refractivity contribution in [3.63, 3.8) is 0 Å². The van der Waals surface area contributed by atoms with E-state index >= 15 is 0 Å². The maximum absolute atomic E-state index is 11.7. The summed E-state index contributed by atoms with van der Waals surface area (Å²) in [6.45, 7) is 5.54. The lowest BCUT2D eigenvalue weighted by molar-refractivity contribution is -0.121. The van der Waals surface area contributed by atoms with Gasteiger partial charge in [0.05, 0.1) is 6.04 Å². The van der Waals surface area contributed by atoms with Gasteiger partial charge in [0, 0.05) is 30.6 Å². The van der Waals surface area contributed by atoms with E-state index in [1.165, 1.54) is 0 Å². The van der Waals surface area contributed by atoms with E-state index in [0.29, 0.717) is 19.0 Å². The van der Waals surface area contributed by atoms with Gasteiger partial charge in [0.25, 0.3) is 0 Å². The van der Waals surface area contributed by atoms with E-state index in [1.807, 2.05) is 31.2 Å². The van der Waals surface area contributed by atoms with Gasteiger partial charge in [0.2, 0.25) is 5.91 Å². The number of nitrogens with one attached hydrogen (secondary N) is 3. The molecule has 0 aliphatic heterocycles. The van der Waals surface area contributed by atoms with Crippen LogP contribution in [0.4, 0.5) is 0 Å². The molecule has 1 saturated carbocycles. The molecular weight excluding hydrogens is 451 g/mol. The molecule has 1 atom stereocenters. The van der Waals surface area contributed by atoms with Gasteiger partial charge in [0.15, 0.2) is 5.96 Å². The summed E-state index contributed by atoms with van der Waals surface area (Å²) in [6, 6.07) is 8.34. The van der Waals surface area contributed by atoms with Crippen molar-refractivity contribution < 1.29 is 4.79 Å². The fraction of sp³-hybridized carbons (Fsp3) is 0.556. The predicted octanol–water partition coefficient (Wildman–Crippen LogP) is 3.63. The van der Waals surface area contributed by atoms with E-state index in [1.54, 1.807) is 0 Å².